The van der Waals surface area contributed by atoms with Crippen molar-refractivity contribution in [2.75, 3.05) is 13.7 Å². The van der Waals surface area contributed by atoms with Crippen molar-refractivity contribution in [1.29, 1.82) is 0 Å². The van der Waals surface area contributed by atoms with Gasteiger partial charge in [0.1, 0.15) is 11.6 Å². The number of benzene rings is 2. The number of hydrogen-bond donors (Lipinski definition) is 2. The molecule has 0 aliphatic heterocycles. The minimum Gasteiger partial charge on any atom is -0.496 e. The second kappa shape index (κ2) is 8.29. The molecule has 0 aliphatic carbocycles. The van der Waals surface area contributed by atoms with E-state index in [0.29, 0.717) is 18.5 Å². The van der Waals surface area contributed by atoms with Crippen LogP contribution in [-0.2, 0) is 11.2 Å². The Labute approximate surface area is 134 Å². The van der Waals surface area contributed by atoms with E-state index in [0.717, 1.165) is 11.3 Å². The first kappa shape index (κ1) is 17.0. The molecule has 0 aliphatic rings. The Morgan fingerprint density at radius 2 is 2.04 bits per heavy atom. The molecule has 0 aromatic heterocycles. The molecule has 5 heteroatoms. The summed E-state index contributed by atoms with van der Waals surface area (Å²) in [7, 11) is 1.60. The van der Waals surface area contributed by atoms with Gasteiger partial charge in [-0.2, -0.15) is 0 Å². The number of carbonyl (C=O) groups is 1. The fraction of sp³-hybridized carbons (Fsp3) is 0.278. The van der Waals surface area contributed by atoms with E-state index in [2.05, 4.69) is 5.32 Å². The smallest absolute Gasteiger partial charge is 0.222 e. The molecular weight excluding hydrogens is 297 g/mol. The van der Waals surface area contributed by atoms with Crippen molar-refractivity contribution in [2.24, 2.45) is 0 Å². The topological polar surface area (TPSA) is 58.6 Å². The normalized spacial score (nSPS) is 11.8. The highest BCUT2D eigenvalue weighted by atomic mass is 19.1. The number of aliphatic hydroxyl groups excluding tert-OH is 1. The highest BCUT2D eigenvalue weighted by molar-refractivity contribution is 5.76. The summed E-state index contributed by atoms with van der Waals surface area (Å²) in [6, 6.07) is 13.2. The molecule has 2 aromatic rings. The van der Waals surface area contributed by atoms with Crippen molar-refractivity contribution < 1.29 is 19.0 Å². The lowest BCUT2D eigenvalue weighted by atomic mass is 10.1. The van der Waals surface area contributed by atoms with E-state index in [1.165, 1.54) is 18.2 Å². The molecule has 23 heavy (non-hydrogen) atoms. The Morgan fingerprint density at radius 3 is 2.78 bits per heavy atom. The summed E-state index contributed by atoms with van der Waals surface area (Å²) in [4.78, 5) is 11.9. The summed E-state index contributed by atoms with van der Waals surface area (Å²) in [5, 5.41) is 12.7. The van der Waals surface area contributed by atoms with E-state index in [4.69, 9.17) is 4.74 Å². The molecule has 0 saturated carbocycles. The van der Waals surface area contributed by atoms with Crippen molar-refractivity contribution in [2.45, 2.75) is 18.9 Å². The second-order valence-corrected chi connectivity index (χ2v) is 5.19. The zero-order chi connectivity index (χ0) is 16.7. The molecule has 0 spiro atoms. The Hall–Kier alpha value is -2.40. The first-order valence-corrected chi connectivity index (χ1v) is 7.42. The Kier molecular flexibility index (Phi) is 6.11. The number of nitrogens with one attached hydrogen (secondary N) is 1. The third-order valence-electron chi connectivity index (χ3n) is 3.52. The average molecular weight is 317 g/mol. The predicted molar refractivity (Wildman–Crippen MR) is 85.7 cm³/mol. The van der Waals surface area contributed by atoms with Crippen LogP contribution < -0.4 is 10.1 Å². The number of rotatable bonds is 7. The summed E-state index contributed by atoms with van der Waals surface area (Å²) in [5.41, 5.74) is 1.39. The van der Waals surface area contributed by atoms with E-state index in [1.54, 1.807) is 13.2 Å². The lowest BCUT2D eigenvalue weighted by Crippen LogP contribution is -2.27. The van der Waals surface area contributed by atoms with Crippen LogP contribution >= 0.6 is 0 Å². The third-order valence-corrected chi connectivity index (χ3v) is 3.52. The zero-order valence-corrected chi connectivity index (χ0v) is 13.0. The highest BCUT2D eigenvalue weighted by Gasteiger charge is 2.13. The zero-order valence-electron chi connectivity index (χ0n) is 13.0. The number of hydrogen-bond acceptors (Lipinski definition) is 3. The highest BCUT2D eigenvalue weighted by Crippen LogP contribution is 2.18. The quantitative estimate of drug-likeness (QED) is 0.825. The van der Waals surface area contributed by atoms with Crippen LogP contribution in [0.3, 0.4) is 0 Å². The van der Waals surface area contributed by atoms with Gasteiger partial charge in [0.25, 0.3) is 0 Å². The maximum absolute atomic E-state index is 13.1. The van der Waals surface area contributed by atoms with Gasteiger partial charge in [-0.25, -0.2) is 4.39 Å². The number of aliphatic hydroxyl groups is 1. The maximum Gasteiger partial charge on any atom is 0.222 e. The predicted octanol–water partition coefficient (Wildman–Crippen LogP) is 2.62. The fourth-order valence-corrected chi connectivity index (χ4v) is 2.33. The molecule has 122 valence electrons. The van der Waals surface area contributed by atoms with Crippen LogP contribution in [0.5, 0.6) is 5.75 Å². The van der Waals surface area contributed by atoms with Crippen LogP contribution in [0.1, 0.15) is 23.7 Å². The van der Waals surface area contributed by atoms with E-state index < -0.39 is 11.9 Å². The van der Waals surface area contributed by atoms with Gasteiger partial charge in [-0.3, -0.25) is 4.79 Å². The third kappa shape index (κ3) is 5.07. The molecule has 1 amide bonds. The van der Waals surface area contributed by atoms with Gasteiger partial charge in [-0.1, -0.05) is 30.3 Å². The molecular formula is C18H20FNO3. The van der Waals surface area contributed by atoms with Gasteiger partial charge >= 0.3 is 0 Å². The first-order chi connectivity index (χ1) is 11.1. The molecule has 2 N–H and O–H groups in total. The lowest BCUT2D eigenvalue weighted by molar-refractivity contribution is -0.123. The van der Waals surface area contributed by atoms with E-state index >= 15 is 0 Å². The minimum atomic E-state index is -1.02. The molecule has 0 bridgehead atoms. The number of carbonyl (C=O) groups excluding carboxylic acids is 1. The number of para-hydroxylation sites is 1. The van der Waals surface area contributed by atoms with Gasteiger partial charge in [-0.15, -0.1) is 0 Å². The van der Waals surface area contributed by atoms with Crippen LogP contribution in [0.25, 0.3) is 0 Å². The average Bonchev–Trinajstić information content (AvgIpc) is 2.55. The molecule has 2 aromatic carbocycles. The van der Waals surface area contributed by atoms with E-state index in [-0.39, 0.29) is 12.3 Å². The number of ether oxygens (including phenoxy) is 1. The van der Waals surface area contributed by atoms with Crippen LogP contribution in [0, 0.1) is 5.82 Å². The van der Waals surface area contributed by atoms with Gasteiger partial charge < -0.3 is 15.2 Å². The van der Waals surface area contributed by atoms with E-state index in [1.807, 2.05) is 24.3 Å². The number of amides is 1. The lowest BCUT2D eigenvalue weighted by Gasteiger charge is -2.12. The van der Waals surface area contributed by atoms with Gasteiger partial charge in [0.2, 0.25) is 5.91 Å². The standard InChI is InChI=1S/C18H20FNO3/c1-23-17-8-3-2-5-13(17)9-10-20-18(22)12-16(21)14-6-4-7-15(19)11-14/h2-8,11,16,21H,9-10,12H2,1H3,(H,20,22). The summed E-state index contributed by atoms with van der Waals surface area (Å²) in [6.07, 6.45) is -0.488. The van der Waals surface area contributed by atoms with Gasteiger partial charge in [0.05, 0.1) is 19.6 Å². The number of halogens is 1. The van der Waals surface area contributed by atoms with Crippen LogP contribution in [-0.4, -0.2) is 24.7 Å². The van der Waals surface area contributed by atoms with Crippen molar-refractivity contribution in [3.63, 3.8) is 0 Å². The van der Waals surface area contributed by atoms with Crippen LogP contribution in [0.15, 0.2) is 48.5 Å². The fourth-order valence-electron chi connectivity index (χ4n) is 2.33. The van der Waals surface area contributed by atoms with Gasteiger partial charge in [0, 0.05) is 6.54 Å². The molecule has 0 fully saturated rings. The first-order valence-electron chi connectivity index (χ1n) is 7.42. The monoisotopic (exact) mass is 317 g/mol. The minimum absolute atomic E-state index is 0.102. The Balaban J connectivity index is 1.81. The molecule has 0 heterocycles. The van der Waals surface area contributed by atoms with Crippen LogP contribution in [0.4, 0.5) is 4.39 Å². The van der Waals surface area contributed by atoms with Gasteiger partial charge in [0.15, 0.2) is 0 Å². The van der Waals surface area contributed by atoms with E-state index in [9.17, 15) is 14.3 Å². The Bertz CT molecular complexity index is 660. The molecule has 4 nitrogen and oxygen atoms in total. The maximum atomic E-state index is 13.1. The summed E-state index contributed by atoms with van der Waals surface area (Å²) >= 11 is 0. The summed E-state index contributed by atoms with van der Waals surface area (Å²) in [6.45, 7) is 0.440. The van der Waals surface area contributed by atoms with Crippen molar-refractivity contribution in [3.05, 3.63) is 65.5 Å². The molecule has 1 unspecified atom stereocenters. The van der Waals surface area contributed by atoms with Crippen LogP contribution in [0.2, 0.25) is 0 Å². The van der Waals surface area contributed by atoms with Crippen molar-refractivity contribution in [1.82, 2.24) is 5.32 Å². The summed E-state index contributed by atoms with van der Waals surface area (Å²) < 4.78 is 18.4. The molecule has 1 atom stereocenters. The summed E-state index contributed by atoms with van der Waals surface area (Å²) in [5.74, 6) is 0.0661. The van der Waals surface area contributed by atoms with Gasteiger partial charge in [-0.05, 0) is 35.7 Å². The molecule has 0 radical (unpaired) electrons. The van der Waals surface area contributed by atoms with Crippen molar-refractivity contribution in [3.8, 4) is 5.75 Å². The Morgan fingerprint density at radius 1 is 1.26 bits per heavy atom. The van der Waals surface area contributed by atoms with Crippen molar-refractivity contribution >= 4 is 5.91 Å². The number of methoxy groups -OCH3 is 1. The molecule has 0 saturated heterocycles. The SMILES string of the molecule is COc1ccccc1CCNC(=O)CC(O)c1cccc(F)c1. The second-order valence-electron chi connectivity index (χ2n) is 5.19. The molecule has 2 rings (SSSR count). The largest absolute Gasteiger partial charge is 0.496 e.